The van der Waals surface area contributed by atoms with E-state index in [1.807, 2.05) is 19.1 Å². The lowest BCUT2D eigenvalue weighted by Gasteiger charge is -2.13. The molecule has 1 aromatic rings. The Hall–Kier alpha value is -1.29. The summed E-state index contributed by atoms with van der Waals surface area (Å²) in [4.78, 5) is 4.16. The molecule has 14 heavy (non-hydrogen) atoms. The fraction of sp³-hybridized carbons (Fsp3) is 0.500. The summed E-state index contributed by atoms with van der Waals surface area (Å²) in [7, 11) is 3.31. The second-order valence-electron chi connectivity index (χ2n) is 2.98. The summed E-state index contributed by atoms with van der Waals surface area (Å²) in [5.41, 5.74) is 0. The van der Waals surface area contributed by atoms with Crippen LogP contribution in [0.5, 0.6) is 5.75 Å². The third-order valence-corrected chi connectivity index (χ3v) is 1.95. The molecule has 1 N–H and O–H groups in total. The molecular formula is C10H16N2O2. The van der Waals surface area contributed by atoms with Gasteiger partial charge in [-0.3, -0.25) is 0 Å². The molecule has 0 bridgehead atoms. The average Bonchev–Trinajstić information content (AvgIpc) is 2.26. The smallest absolute Gasteiger partial charge is 0.168 e. The van der Waals surface area contributed by atoms with Crippen molar-refractivity contribution in [2.24, 2.45) is 0 Å². The topological polar surface area (TPSA) is 43.4 Å². The lowest BCUT2D eigenvalue weighted by Crippen LogP contribution is -2.18. The number of nitrogens with zero attached hydrogens (tertiary/aromatic N) is 1. The number of ether oxygens (including phenoxy) is 2. The maximum absolute atomic E-state index is 5.15. The van der Waals surface area contributed by atoms with E-state index in [1.165, 1.54) is 0 Å². The molecule has 1 aromatic heterocycles. The lowest BCUT2D eigenvalue weighted by atomic mass is 10.3. The molecule has 0 saturated heterocycles. The van der Waals surface area contributed by atoms with Gasteiger partial charge < -0.3 is 14.8 Å². The third-order valence-electron chi connectivity index (χ3n) is 1.95. The Bertz CT molecular complexity index is 279. The van der Waals surface area contributed by atoms with Gasteiger partial charge in [-0.1, -0.05) is 0 Å². The van der Waals surface area contributed by atoms with Crippen LogP contribution in [-0.2, 0) is 4.74 Å². The Labute approximate surface area is 84.3 Å². The minimum atomic E-state index is 0.154. The Morgan fingerprint density at radius 1 is 1.50 bits per heavy atom. The molecule has 78 valence electrons. The molecule has 0 fully saturated rings. The van der Waals surface area contributed by atoms with Gasteiger partial charge in [0.15, 0.2) is 11.6 Å². The first-order valence-electron chi connectivity index (χ1n) is 4.53. The van der Waals surface area contributed by atoms with E-state index in [1.54, 1.807) is 20.4 Å². The van der Waals surface area contributed by atoms with E-state index >= 15 is 0 Å². The summed E-state index contributed by atoms with van der Waals surface area (Å²) in [6, 6.07) is 3.70. The molecule has 1 rings (SSSR count). The van der Waals surface area contributed by atoms with Crippen LogP contribution < -0.4 is 10.1 Å². The van der Waals surface area contributed by atoms with Crippen molar-refractivity contribution in [2.75, 3.05) is 26.1 Å². The number of pyridine rings is 1. The predicted octanol–water partition coefficient (Wildman–Crippen LogP) is 1.54. The SMILES string of the molecule is COc1cccnc1NCC(C)OC. The first-order chi connectivity index (χ1) is 6.77. The van der Waals surface area contributed by atoms with Crippen molar-refractivity contribution in [1.82, 2.24) is 4.98 Å². The molecule has 0 amide bonds. The number of nitrogens with one attached hydrogen (secondary N) is 1. The van der Waals surface area contributed by atoms with Crippen molar-refractivity contribution in [3.05, 3.63) is 18.3 Å². The van der Waals surface area contributed by atoms with Crippen molar-refractivity contribution < 1.29 is 9.47 Å². The number of aromatic nitrogens is 1. The van der Waals surface area contributed by atoms with Crippen LogP contribution >= 0.6 is 0 Å². The van der Waals surface area contributed by atoms with Crippen LogP contribution in [0.3, 0.4) is 0 Å². The van der Waals surface area contributed by atoms with E-state index in [2.05, 4.69) is 10.3 Å². The van der Waals surface area contributed by atoms with Gasteiger partial charge >= 0.3 is 0 Å². The molecule has 0 aliphatic rings. The fourth-order valence-corrected chi connectivity index (χ4v) is 1.01. The van der Waals surface area contributed by atoms with Gasteiger partial charge in [0, 0.05) is 19.9 Å². The van der Waals surface area contributed by atoms with E-state index in [4.69, 9.17) is 9.47 Å². The Balaban J connectivity index is 2.57. The molecule has 0 saturated carbocycles. The van der Waals surface area contributed by atoms with E-state index in [9.17, 15) is 0 Å². The minimum Gasteiger partial charge on any atom is -0.493 e. The highest BCUT2D eigenvalue weighted by Crippen LogP contribution is 2.19. The molecule has 4 nitrogen and oxygen atoms in total. The van der Waals surface area contributed by atoms with Gasteiger partial charge in [-0.25, -0.2) is 4.98 Å². The normalized spacial score (nSPS) is 12.2. The summed E-state index contributed by atoms with van der Waals surface area (Å²) in [6.07, 6.45) is 1.88. The van der Waals surface area contributed by atoms with E-state index in [0.717, 1.165) is 11.6 Å². The van der Waals surface area contributed by atoms with Gasteiger partial charge in [-0.2, -0.15) is 0 Å². The van der Waals surface area contributed by atoms with Crippen molar-refractivity contribution in [2.45, 2.75) is 13.0 Å². The van der Waals surface area contributed by atoms with E-state index in [-0.39, 0.29) is 6.10 Å². The Kier molecular flexibility index (Phi) is 4.19. The standard InChI is InChI=1S/C10H16N2O2/c1-8(13-2)7-12-10-9(14-3)5-4-6-11-10/h4-6,8H,7H2,1-3H3,(H,11,12). The van der Waals surface area contributed by atoms with Crippen LogP contribution in [-0.4, -0.2) is 31.9 Å². The van der Waals surface area contributed by atoms with Crippen molar-refractivity contribution >= 4 is 5.82 Å². The van der Waals surface area contributed by atoms with Gasteiger partial charge in [-0.05, 0) is 19.1 Å². The van der Waals surface area contributed by atoms with Gasteiger partial charge in [0.1, 0.15) is 0 Å². The molecule has 0 aliphatic carbocycles. The van der Waals surface area contributed by atoms with Crippen LogP contribution in [0.4, 0.5) is 5.82 Å². The van der Waals surface area contributed by atoms with Crippen molar-refractivity contribution in [3.8, 4) is 5.75 Å². The zero-order valence-electron chi connectivity index (χ0n) is 8.78. The number of rotatable bonds is 5. The monoisotopic (exact) mass is 196 g/mol. The highest BCUT2D eigenvalue weighted by Gasteiger charge is 2.04. The quantitative estimate of drug-likeness (QED) is 0.775. The van der Waals surface area contributed by atoms with Crippen LogP contribution in [0.1, 0.15) is 6.92 Å². The summed E-state index contributed by atoms with van der Waals surface area (Å²) in [5, 5.41) is 3.15. The molecule has 4 heteroatoms. The second-order valence-corrected chi connectivity index (χ2v) is 2.98. The number of hydrogen-bond acceptors (Lipinski definition) is 4. The molecule has 1 atom stereocenters. The Morgan fingerprint density at radius 2 is 2.29 bits per heavy atom. The van der Waals surface area contributed by atoms with Gasteiger partial charge in [-0.15, -0.1) is 0 Å². The largest absolute Gasteiger partial charge is 0.493 e. The van der Waals surface area contributed by atoms with Crippen molar-refractivity contribution in [3.63, 3.8) is 0 Å². The maximum Gasteiger partial charge on any atom is 0.168 e. The first kappa shape index (κ1) is 10.8. The summed E-state index contributed by atoms with van der Waals surface area (Å²) in [5.74, 6) is 1.50. The highest BCUT2D eigenvalue weighted by molar-refractivity contribution is 5.49. The maximum atomic E-state index is 5.15. The third kappa shape index (κ3) is 2.88. The van der Waals surface area contributed by atoms with Gasteiger partial charge in [0.05, 0.1) is 13.2 Å². The lowest BCUT2D eigenvalue weighted by molar-refractivity contribution is 0.128. The van der Waals surface area contributed by atoms with Gasteiger partial charge in [0.25, 0.3) is 0 Å². The number of anilines is 1. The van der Waals surface area contributed by atoms with Crippen LogP contribution in [0.2, 0.25) is 0 Å². The molecule has 1 unspecified atom stereocenters. The molecule has 0 aliphatic heterocycles. The van der Waals surface area contributed by atoms with Crippen LogP contribution in [0.15, 0.2) is 18.3 Å². The average molecular weight is 196 g/mol. The zero-order chi connectivity index (χ0) is 10.4. The van der Waals surface area contributed by atoms with Crippen LogP contribution in [0, 0.1) is 0 Å². The second kappa shape index (κ2) is 5.44. The van der Waals surface area contributed by atoms with Crippen LogP contribution in [0.25, 0.3) is 0 Å². The predicted molar refractivity (Wildman–Crippen MR) is 55.7 cm³/mol. The highest BCUT2D eigenvalue weighted by atomic mass is 16.5. The molecular weight excluding hydrogens is 180 g/mol. The molecule has 0 radical (unpaired) electrons. The first-order valence-corrected chi connectivity index (χ1v) is 4.53. The number of methoxy groups -OCH3 is 2. The molecule has 0 aromatic carbocycles. The molecule has 0 spiro atoms. The minimum absolute atomic E-state index is 0.154. The van der Waals surface area contributed by atoms with Gasteiger partial charge in [0.2, 0.25) is 0 Å². The fourth-order valence-electron chi connectivity index (χ4n) is 1.01. The van der Waals surface area contributed by atoms with Crippen molar-refractivity contribution in [1.29, 1.82) is 0 Å². The summed E-state index contributed by atoms with van der Waals surface area (Å²) >= 11 is 0. The summed E-state index contributed by atoms with van der Waals surface area (Å²) < 4.78 is 10.3. The Morgan fingerprint density at radius 3 is 2.93 bits per heavy atom. The van der Waals surface area contributed by atoms with E-state index in [0.29, 0.717) is 6.54 Å². The molecule has 1 heterocycles. The van der Waals surface area contributed by atoms with E-state index < -0.39 is 0 Å². The zero-order valence-corrected chi connectivity index (χ0v) is 8.78. The number of hydrogen-bond donors (Lipinski definition) is 1. The summed E-state index contributed by atoms with van der Waals surface area (Å²) in [6.45, 7) is 2.70.